The van der Waals surface area contributed by atoms with Gasteiger partial charge in [-0.15, -0.1) is 0 Å². The summed E-state index contributed by atoms with van der Waals surface area (Å²) >= 11 is 0. The van der Waals surface area contributed by atoms with Gasteiger partial charge in [-0.05, 0) is 11.6 Å². The third-order valence-electron chi connectivity index (χ3n) is 3.39. The van der Waals surface area contributed by atoms with Crippen molar-refractivity contribution in [2.45, 2.75) is 30.5 Å². The standard InChI is InChI=1S/C13H16O7/c14-5-8-9(15)10(16)11(17)12(20-8)6-3-1-2-4-7(6)13(18)19/h1-4,8-12,14-17H,5H2,(H,18,19)/t8-,9-,10+,11-,12?/m1/s1. The van der Waals surface area contributed by atoms with Gasteiger partial charge in [-0.1, -0.05) is 18.2 Å². The molecule has 1 aromatic carbocycles. The molecule has 0 bridgehead atoms. The number of rotatable bonds is 3. The Balaban J connectivity index is 2.39. The van der Waals surface area contributed by atoms with Crippen LogP contribution in [0.1, 0.15) is 22.0 Å². The van der Waals surface area contributed by atoms with E-state index in [9.17, 15) is 20.1 Å². The zero-order valence-electron chi connectivity index (χ0n) is 10.5. The van der Waals surface area contributed by atoms with E-state index < -0.39 is 43.1 Å². The Morgan fingerprint density at radius 1 is 1.10 bits per heavy atom. The molecule has 1 aliphatic rings. The number of hydrogen-bond acceptors (Lipinski definition) is 6. The van der Waals surface area contributed by atoms with E-state index in [1.165, 1.54) is 18.2 Å². The van der Waals surface area contributed by atoms with Crippen LogP contribution in [0.2, 0.25) is 0 Å². The fourth-order valence-corrected chi connectivity index (χ4v) is 2.30. The van der Waals surface area contributed by atoms with Gasteiger partial charge in [0.25, 0.3) is 0 Å². The second-order valence-electron chi connectivity index (χ2n) is 4.64. The van der Waals surface area contributed by atoms with Gasteiger partial charge in [0.05, 0.1) is 12.2 Å². The van der Waals surface area contributed by atoms with Crippen LogP contribution < -0.4 is 0 Å². The van der Waals surface area contributed by atoms with Gasteiger partial charge < -0.3 is 30.3 Å². The number of ether oxygens (including phenoxy) is 1. The molecule has 2 rings (SSSR count). The van der Waals surface area contributed by atoms with Gasteiger partial charge in [0.1, 0.15) is 30.5 Å². The minimum absolute atomic E-state index is 0.0724. The van der Waals surface area contributed by atoms with Crippen molar-refractivity contribution in [1.29, 1.82) is 0 Å². The fourth-order valence-electron chi connectivity index (χ4n) is 2.30. The van der Waals surface area contributed by atoms with Crippen molar-refractivity contribution in [2.75, 3.05) is 6.61 Å². The quantitative estimate of drug-likeness (QED) is 0.476. The van der Waals surface area contributed by atoms with Gasteiger partial charge in [-0.2, -0.15) is 0 Å². The first-order valence-corrected chi connectivity index (χ1v) is 6.10. The summed E-state index contributed by atoms with van der Waals surface area (Å²) in [5.74, 6) is -1.20. The molecular formula is C13H16O7. The normalized spacial score (nSPS) is 33.9. The van der Waals surface area contributed by atoms with Crippen LogP contribution in [0, 0.1) is 0 Å². The van der Waals surface area contributed by atoms with Crippen LogP contribution in [0.3, 0.4) is 0 Å². The zero-order valence-corrected chi connectivity index (χ0v) is 10.5. The summed E-state index contributed by atoms with van der Waals surface area (Å²) < 4.78 is 5.33. The maximum Gasteiger partial charge on any atom is 0.336 e. The third kappa shape index (κ3) is 2.54. The summed E-state index contributed by atoms with van der Waals surface area (Å²) in [4.78, 5) is 11.2. The Morgan fingerprint density at radius 2 is 1.75 bits per heavy atom. The van der Waals surface area contributed by atoms with Crippen LogP contribution in [0.4, 0.5) is 0 Å². The topological polar surface area (TPSA) is 127 Å². The van der Waals surface area contributed by atoms with Crippen molar-refractivity contribution in [3.8, 4) is 0 Å². The minimum Gasteiger partial charge on any atom is -0.478 e. The van der Waals surface area contributed by atoms with Crippen LogP contribution in [0.25, 0.3) is 0 Å². The Kier molecular flexibility index (Phi) is 4.36. The highest BCUT2D eigenvalue weighted by Crippen LogP contribution is 2.33. The van der Waals surface area contributed by atoms with Crippen LogP contribution in [0.5, 0.6) is 0 Å². The largest absolute Gasteiger partial charge is 0.478 e. The smallest absolute Gasteiger partial charge is 0.336 e. The maximum atomic E-state index is 11.2. The van der Waals surface area contributed by atoms with Crippen molar-refractivity contribution >= 4 is 5.97 Å². The Labute approximate surface area is 114 Å². The Morgan fingerprint density at radius 3 is 2.35 bits per heavy atom. The zero-order chi connectivity index (χ0) is 14.9. The highest BCUT2D eigenvalue weighted by atomic mass is 16.5. The molecule has 20 heavy (non-hydrogen) atoms. The van der Waals surface area contributed by atoms with Crippen molar-refractivity contribution in [3.63, 3.8) is 0 Å². The molecule has 1 aliphatic heterocycles. The van der Waals surface area contributed by atoms with Crippen LogP contribution >= 0.6 is 0 Å². The molecule has 0 radical (unpaired) electrons. The molecule has 110 valence electrons. The van der Waals surface area contributed by atoms with Crippen molar-refractivity contribution in [3.05, 3.63) is 35.4 Å². The first-order chi connectivity index (χ1) is 9.47. The van der Waals surface area contributed by atoms with Gasteiger partial charge in [0.2, 0.25) is 0 Å². The lowest BCUT2D eigenvalue weighted by atomic mass is 9.89. The highest BCUT2D eigenvalue weighted by molar-refractivity contribution is 5.89. The number of aliphatic hydroxyl groups is 4. The molecule has 7 nitrogen and oxygen atoms in total. The van der Waals surface area contributed by atoms with E-state index >= 15 is 0 Å². The van der Waals surface area contributed by atoms with Crippen molar-refractivity contribution < 1.29 is 35.1 Å². The summed E-state index contributed by atoms with van der Waals surface area (Å²) in [6, 6.07) is 5.90. The van der Waals surface area contributed by atoms with E-state index in [4.69, 9.17) is 14.9 Å². The lowest BCUT2D eigenvalue weighted by molar-refractivity contribution is -0.231. The van der Waals surface area contributed by atoms with Crippen molar-refractivity contribution in [1.82, 2.24) is 0 Å². The number of aliphatic hydroxyl groups excluding tert-OH is 4. The molecule has 0 aromatic heterocycles. The lowest BCUT2D eigenvalue weighted by Crippen LogP contribution is -2.55. The van der Waals surface area contributed by atoms with Gasteiger partial charge in [0, 0.05) is 0 Å². The first-order valence-electron chi connectivity index (χ1n) is 6.10. The van der Waals surface area contributed by atoms with Gasteiger partial charge in [-0.3, -0.25) is 0 Å². The number of aromatic carboxylic acids is 1. The first kappa shape index (κ1) is 14.9. The SMILES string of the molecule is O=C(O)c1ccccc1C1O[C@H](CO)[C@@H](O)[C@H](O)[C@H]1O. The second-order valence-corrected chi connectivity index (χ2v) is 4.64. The van der Waals surface area contributed by atoms with E-state index in [0.717, 1.165) is 0 Å². The Bertz CT molecular complexity index is 487. The Hall–Kier alpha value is -1.51. The fraction of sp³-hybridized carbons (Fsp3) is 0.462. The molecule has 0 aliphatic carbocycles. The third-order valence-corrected chi connectivity index (χ3v) is 3.39. The minimum atomic E-state index is -1.53. The van der Waals surface area contributed by atoms with Crippen molar-refractivity contribution in [2.24, 2.45) is 0 Å². The predicted molar refractivity (Wildman–Crippen MR) is 66.1 cm³/mol. The van der Waals surface area contributed by atoms with E-state index in [-0.39, 0.29) is 11.1 Å². The summed E-state index contributed by atoms with van der Waals surface area (Å²) in [6.45, 7) is -0.559. The molecule has 7 heteroatoms. The number of benzene rings is 1. The van der Waals surface area contributed by atoms with E-state index in [1.54, 1.807) is 6.07 Å². The average molecular weight is 284 g/mol. The molecule has 1 unspecified atom stereocenters. The lowest BCUT2D eigenvalue weighted by Gasteiger charge is -2.40. The van der Waals surface area contributed by atoms with Gasteiger partial charge in [0.15, 0.2) is 0 Å². The van der Waals surface area contributed by atoms with Crippen LogP contribution in [0.15, 0.2) is 24.3 Å². The summed E-state index contributed by atoms with van der Waals surface area (Å²) in [6.07, 6.45) is -6.71. The molecule has 0 spiro atoms. The maximum absolute atomic E-state index is 11.2. The molecular weight excluding hydrogens is 268 g/mol. The van der Waals surface area contributed by atoms with Crippen LogP contribution in [-0.4, -0.2) is 62.5 Å². The highest BCUT2D eigenvalue weighted by Gasteiger charge is 2.44. The summed E-state index contributed by atoms with van der Waals surface area (Å²) in [7, 11) is 0. The number of carboxylic acids is 1. The number of carbonyl (C=O) groups is 1. The van der Waals surface area contributed by atoms with E-state index in [0.29, 0.717) is 0 Å². The van der Waals surface area contributed by atoms with Gasteiger partial charge in [-0.25, -0.2) is 4.79 Å². The van der Waals surface area contributed by atoms with E-state index in [2.05, 4.69) is 0 Å². The average Bonchev–Trinajstić information content (AvgIpc) is 2.45. The molecule has 1 saturated heterocycles. The molecule has 5 N–H and O–H groups in total. The molecule has 1 heterocycles. The monoisotopic (exact) mass is 284 g/mol. The summed E-state index contributed by atoms with van der Waals surface area (Å²) in [5.41, 5.74) is 0.105. The second kappa shape index (κ2) is 5.86. The summed E-state index contributed by atoms with van der Waals surface area (Å²) in [5, 5.41) is 47.6. The van der Waals surface area contributed by atoms with Crippen LogP contribution in [-0.2, 0) is 4.74 Å². The van der Waals surface area contributed by atoms with Gasteiger partial charge >= 0.3 is 5.97 Å². The molecule has 1 aromatic rings. The predicted octanol–water partition coefficient (Wildman–Crippen LogP) is -1.10. The molecule has 1 fully saturated rings. The number of hydrogen-bond donors (Lipinski definition) is 5. The number of carboxylic acid groups (broad SMARTS) is 1. The molecule has 0 amide bonds. The molecule has 5 atom stereocenters. The molecule has 0 saturated carbocycles. The van der Waals surface area contributed by atoms with E-state index in [1.807, 2.05) is 0 Å².